The molecule has 8 nitrogen and oxygen atoms in total. The molecule has 4 aromatic rings. The van der Waals surface area contributed by atoms with E-state index >= 15 is 0 Å². The molecule has 226 valence electrons. The number of fused-ring (bicyclic) bond motifs is 2. The SMILES string of the molecule is COc1ccc(NC(=O)Cn2c3c(sc2=O)[C@@H](c2ccc(Br)cc2)[C@@H]2C(=O)N(c4ccccc4C(F)(F)F)C(=O)[C@@H]2S3)cc1. The van der Waals surface area contributed by atoms with Crippen LogP contribution < -0.4 is 19.8 Å². The van der Waals surface area contributed by atoms with Crippen LogP contribution in [0, 0.1) is 5.92 Å². The molecule has 6 rings (SSSR count). The first-order valence-corrected chi connectivity index (χ1v) is 15.6. The number of rotatable bonds is 6. The highest BCUT2D eigenvalue weighted by Crippen LogP contribution is 2.54. The van der Waals surface area contributed by atoms with Crippen LogP contribution in [0.4, 0.5) is 24.5 Å². The fraction of sp³-hybridized carbons (Fsp3) is 0.200. The molecule has 2 aliphatic rings. The Balaban J connectivity index is 1.41. The van der Waals surface area contributed by atoms with Gasteiger partial charge in [0.15, 0.2) is 0 Å². The van der Waals surface area contributed by atoms with E-state index in [4.69, 9.17) is 4.74 Å². The van der Waals surface area contributed by atoms with E-state index in [9.17, 15) is 32.3 Å². The number of carbonyl (C=O) groups excluding carboxylic acids is 3. The van der Waals surface area contributed by atoms with Crippen LogP contribution in [0.25, 0.3) is 0 Å². The summed E-state index contributed by atoms with van der Waals surface area (Å²) < 4.78 is 49.0. The molecule has 0 unspecified atom stereocenters. The highest BCUT2D eigenvalue weighted by Gasteiger charge is 2.57. The number of halogens is 4. The number of amides is 3. The van der Waals surface area contributed by atoms with Crippen molar-refractivity contribution < 1.29 is 32.3 Å². The highest BCUT2D eigenvalue weighted by molar-refractivity contribution is 9.10. The molecule has 0 bridgehead atoms. The highest BCUT2D eigenvalue weighted by atomic mass is 79.9. The molecule has 44 heavy (non-hydrogen) atoms. The number of benzene rings is 3. The molecule has 1 saturated heterocycles. The van der Waals surface area contributed by atoms with Crippen molar-refractivity contribution in [2.75, 3.05) is 17.3 Å². The molecule has 0 radical (unpaired) electrons. The minimum absolute atomic E-state index is 0.325. The van der Waals surface area contributed by atoms with E-state index in [0.29, 0.717) is 31.8 Å². The molecule has 14 heteroatoms. The van der Waals surface area contributed by atoms with Gasteiger partial charge in [0.2, 0.25) is 17.7 Å². The Morgan fingerprint density at radius 3 is 2.32 bits per heavy atom. The van der Waals surface area contributed by atoms with Crippen LogP contribution >= 0.6 is 39.0 Å². The molecule has 2 aliphatic heterocycles. The second kappa shape index (κ2) is 11.6. The summed E-state index contributed by atoms with van der Waals surface area (Å²) in [5, 5.41) is 1.92. The Hall–Kier alpha value is -3.88. The maximum atomic E-state index is 14.0. The first-order valence-electron chi connectivity index (χ1n) is 13.1. The Bertz CT molecular complexity index is 1840. The van der Waals surface area contributed by atoms with Crippen molar-refractivity contribution in [2.45, 2.75) is 28.9 Å². The smallest absolute Gasteiger partial charge is 0.418 e. The van der Waals surface area contributed by atoms with E-state index in [-0.39, 0.29) is 6.54 Å². The van der Waals surface area contributed by atoms with Gasteiger partial charge in [0.05, 0.1) is 29.3 Å². The zero-order chi connectivity index (χ0) is 31.3. The molecule has 0 saturated carbocycles. The van der Waals surface area contributed by atoms with Gasteiger partial charge in [-0.1, -0.05) is 63.3 Å². The third-order valence-electron chi connectivity index (χ3n) is 7.40. The summed E-state index contributed by atoms with van der Waals surface area (Å²) in [4.78, 5) is 54.7. The summed E-state index contributed by atoms with van der Waals surface area (Å²) in [6.07, 6.45) is -4.81. The van der Waals surface area contributed by atoms with Gasteiger partial charge in [0, 0.05) is 21.0 Å². The number of hydrogen-bond acceptors (Lipinski definition) is 7. The van der Waals surface area contributed by atoms with E-state index in [1.807, 2.05) is 0 Å². The molecule has 3 amide bonds. The number of nitrogens with zero attached hydrogens (tertiary/aromatic N) is 2. The van der Waals surface area contributed by atoms with Crippen molar-refractivity contribution in [3.05, 3.63) is 103 Å². The predicted molar refractivity (Wildman–Crippen MR) is 163 cm³/mol. The number of methoxy groups -OCH3 is 1. The number of alkyl halides is 3. The topological polar surface area (TPSA) is 97.7 Å². The molecule has 1 aromatic heterocycles. The molecule has 3 atom stereocenters. The van der Waals surface area contributed by atoms with E-state index in [2.05, 4.69) is 21.2 Å². The summed E-state index contributed by atoms with van der Waals surface area (Å²) >= 11 is 5.16. The zero-order valence-corrected chi connectivity index (χ0v) is 25.9. The lowest BCUT2D eigenvalue weighted by Crippen LogP contribution is -2.33. The molecular weight excluding hydrogens is 683 g/mol. The van der Waals surface area contributed by atoms with Gasteiger partial charge in [-0.25, -0.2) is 4.90 Å². The van der Waals surface area contributed by atoms with Crippen molar-refractivity contribution in [1.82, 2.24) is 4.57 Å². The zero-order valence-electron chi connectivity index (χ0n) is 22.6. The van der Waals surface area contributed by atoms with Gasteiger partial charge in [0.25, 0.3) is 0 Å². The van der Waals surface area contributed by atoms with Crippen molar-refractivity contribution in [3.8, 4) is 5.75 Å². The average molecular weight is 705 g/mol. The molecule has 0 spiro atoms. The Labute approximate surface area is 265 Å². The summed E-state index contributed by atoms with van der Waals surface area (Å²) in [6.45, 7) is -0.378. The number of para-hydroxylation sites is 1. The maximum absolute atomic E-state index is 14.0. The molecule has 3 aromatic carbocycles. The molecular formula is C30H21BrF3N3O5S2. The fourth-order valence-corrected chi connectivity index (χ4v) is 8.49. The minimum Gasteiger partial charge on any atom is -0.497 e. The largest absolute Gasteiger partial charge is 0.497 e. The van der Waals surface area contributed by atoms with Crippen LogP contribution in [0.5, 0.6) is 5.75 Å². The van der Waals surface area contributed by atoms with E-state index in [1.54, 1.807) is 48.5 Å². The number of imide groups is 1. The Kier molecular flexibility index (Phi) is 7.92. The second-order valence-electron chi connectivity index (χ2n) is 10.0. The quantitative estimate of drug-likeness (QED) is 0.243. The molecule has 3 heterocycles. The first-order chi connectivity index (χ1) is 21.0. The van der Waals surface area contributed by atoms with Crippen molar-refractivity contribution >= 4 is 68.1 Å². The van der Waals surface area contributed by atoms with Crippen molar-refractivity contribution in [2.24, 2.45) is 5.92 Å². The lowest BCUT2D eigenvalue weighted by molar-refractivity contribution is -0.137. The van der Waals surface area contributed by atoms with Gasteiger partial charge < -0.3 is 10.1 Å². The van der Waals surface area contributed by atoms with Crippen molar-refractivity contribution in [1.29, 1.82) is 0 Å². The van der Waals surface area contributed by atoms with Crippen LogP contribution in [0.3, 0.4) is 0 Å². The fourth-order valence-electron chi connectivity index (χ4n) is 5.45. The Morgan fingerprint density at radius 2 is 1.66 bits per heavy atom. The normalized spacial score (nSPS) is 19.5. The van der Waals surface area contributed by atoms with Crippen LogP contribution in [0.1, 0.15) is 21.9 Å². The number of thiazole rings is 1. The predicted octanol–water partition coefficient (Wildman–Crippen LogP) is 6.13. The number of aromatic nitrogens is 1. The number of hydrogen-bond donors (Lipinski definition) is 1. The first kappa shape index (κ1) is 30.2. The van der Waals surface area contributed by atoms with Gasteiger partial charge in [-0.2, -0.15) is 13.2 Å². The number of carbonyl (C=O) groups is 3. The lowest BCUT2D eigenvalue weighted by Gasteiger charge is -2.30. The molecule has 0 aliphatic carbocycles. The van der Waals surface area contributed by atoms with Gasteiger partial charge in [-0.15, -0.1) is 0 Å². The summed E-state index contributed by atoms with van der Waals surface area (Å²) in [7, 11) is 1.51. The van der Waals surface area contributed by atoms with Crippen LogP contribution in [-0.2, 0) is 27.1 Å². The van der Waals surface area contributed by atoms with E-state index in [0.717, 1.165) is 39.7 Å². The van der Waals surface area contributed by atoms with Gasteiger partial charge >= 0.3 is 11.0 Å². The van der Waals surface area contributed by atoms with Gasteiger partial charge in [-0.05, 0) is 54.1 Å². The van der Waals surface area contributed by atoms with Crippen LogP contribution in [-0.4, -0.2) is 34.6 Å². The average Bonchev–Trinajstić information content (AvgIpc) is 3.43. The van der Waals surface area contributed by atoms with Crippen molar-refractivity contribution in [3.63, 3.8) is 0 Å². The van der Waals surface area contributed by atoms with E-state index < -0.39 is 57.1 Å². The molecule has 1 N–H and O–H groups in total. The maximum Gasteiger partial charge on any atom is 0.418 e. The third kappa shape index (κ3) is 5.35. The Morgan fingerprint density at radius 1 is 0.977 bits per heavy atom. The minimum atomic E-state index is -4.81. The third-order valence-corrected chi connectivity index (χ3v) is 10.5. The van der Waals surface area contributed by atoms with Crippen LogP contribution in [0.15, 0.2) is 87.1 Å². The van der Waals surface area contributed by atoms with E-state index in [1.165, 1.54) is 23.8 Å². The van der Waals surface area contributed by atoms with Crippen LogP contribution in [0.2, 0.25) is 0 Å². The summed E-state index contributed by atoms with van der Waals surface area (Å²) in [5.74, 6) is -3.40. The lowest BCUT2D eigenvalue weighted by atomic mass is 9.83. The van der Waals surface area contributed by atoms with Gasteiger partial charge in [0.1, 0.15) is 17.5 Å². The number of ether oxygens (including phenoxy) is 1. The standard InChI is InChI=1S/C30H21BrF3N3O5S2/c1-42-18-12-10-17(11-13-18)35-21(38)14-36-28-25(44-29(36)41)22(15-6-8-16(31)9-7-15)23-24(43-28)27(40)37(26(23)39)20-5-3-2-4-19(20)30(32,33)34/h2-13,22-24H,14H2,1H3,(H,35,38)/t22-,23-,24+/m0/s1. The second-order valence-corrected chi connectivity index (χ2v) is 13.1. The number of anilines is 2. The van der Waals surface area contributed by atoms with Gasteiger partial charge in [-0.3, -0.25) is 23.7 Å². The molecule has 1 fully saturated rings. The number of nitrogens with one attached hydrogen (secondary N) is 1. The number of thioether (sulfide) groups is 1. The summed E-state index contributed by atoms with van der Waals surface area (Å²) in [6, 6.07) is 18.0. The summed E-state index contributed by atoms with van der Waals surface area (Å²) in [5.41, 5.74) is -0.566. The monoisotopic (exact) mass is 703 g/mol.